The van der Waals surface area contributed by atoms with E-state index in [9.17, 15) is 14.9 Å². The number of hydrogen-bond donors (Lipinski definition) is 0. The molecule has 6 rings (SSSR count). The minimum absolute atomic E-state index is 0.0918. The van der Waals surface area contributed by atoms with E-state index in [0.717, 1.165) is 11.6 Å². The second-order valence-corrected chi connectivity index (χ2v) is 9.35. The number of para-hydroxylation sites is 2. The first-order valence-electron chi connectivity index (χ1n) is 12.7. The predicted molar refractivity (Wildman–Crippen MR) is 158 cm³/mol. The molecular weight excluding hydrogens is 562 g/mol. The van der Waals surface area contributed by atoms with E-state index >= 15 is 0 Å². The lowest BCUT2D eigenvalue weighted by Crippen LogP contribution is -2.20. The maximum Gasteiger partial charge on any atom is 0.287 e. The van der Waals surface area contributed by atoms with Gasteiger partial charge in [-0.15, -0.1) is 0 Å². The number of fused-ring (bicyclic) bond motifs is 2. The molecule has 0 aliphatic carbocycles. The van der Waals surface area contributed by atoms with Crippen molar-refractivity contribution in [1.82, 2.24) is 14.6 Å². The lowest BCUT2D eigenvalue weighted by atomic mass is 10.2. The van der Waals surface area contributed by atoms with E-state index in [1.807, 2.05) is 24.3 Å². The molecule has 208 valence electrons. The van der Waals surface area contributed by atoms with Crippen LogP contribution in [0.5, 0.6) is 17.4 Å². The second-order valence-electron chi connectivity index (χ2n) is 8.94. The normalized spacial score (nSPS) is 11.4. The topological polar surface area (TPSA) is 135 Å². The number of furan rings is 1. The van der Waals surface area contributed by atoms with E-state index in [-0.39, 0.29) is 39.5 Å². The summed E-state index contributed by atoms with van der Waals surface area (Å²) < 4.78 is 18.8. The molecule has 0 aliphatic heterocycles. The number of halogens is 1. The van der Waals surface area contributed by atoms with Gasteiger partial charge in [-0.25, -0.2) is 9.97 Å². The number of pyridine rings is 1. The number of aromatic nitrogens is 3. The summed E-state index contributed by atoms with van der Waals surface area (Å²) in [6.45, 7) is 2.09. The average molecular weight is 582 g/mol. The Bertz CT molecular complexity index is 2020. The fourth-order valence-electron chi connectivity index (χ4n) is 4.28. The third-order valence-electron chi connectivity index (χ3n) is 6.19. The summed E-state index contributed by atoms with van der Waals surface area (Å²) in [7, 11) is 0. The zero-order valence-electron chi connectivity index (χ0n) is 21.9. The van der Waals surface area contributed by atoms with Gasteiger partial charge >= 0.3 is 0 Å². The van der Waals surface area contributed by atoms with Crippen LogP contribution in [0.25, 0.3) is 33.5 Å². The van der Waals surface area contributed by atoms with E-state index in [1.54, 1.807) is 49.4 Å². The maximum absolute atomic E-state index is 13.6. The van der Waals surface area contributed by atoms with Crippen molar-refractivity contribution in [2.75, 3.05) is 6.61 Å². The molecule has 0 atom stereocenters. The van der Waals surface area contributed by atoms with Gasteiger partial charge in [-0.05, 0) is 48.9 Å². The highest BCUT2D eigenvalue weighted by Gasteiger charge is 2.18. The van der Waals surface area contributed by atoms with Gasteiger partial charge in [0.1, 0.15) is 11.8 Å². The smallest absolute Gasteiger partial charge is 0.287 e. The molecule has 0 radical (unpaired) electrons. The fourth-order valence-corrected chi connectivity index (χ4v) is 4.53. The summed E-state index contributed by atoms with van der Waals surface area (Å²) in [5.41, 5.74) is 1.10. The highest BCUT2D eigenvalue weighted by Crippen LogP contribution is 2.39. The van der Waals surface area contributed by atoms with E-state index < -0.39 is 4.92 Å². The molecule has 3 heterocycles. The van der Waals surface area contributed by atoms with Gasteiger partial charge in [-0.3, -0.25) is 14.9 Å². The molecule has 42 heavy (non-hydrogen) atoms. The van der Waals surface area contributed by atoms with Crippen molar-refractivity contribution < 1.29 is 18.8 Å². The van der Waals surface area contributed by atoms with Gasteiger partial charge in [0, 0.05) is 17.5 Å². The van der Waals surface area contributed by atoms with Crippen LogP contribution >= 0.6 is 11.6 Å². The zero-order valence-corrected chi connectivity index (χ0v) is 22.7. The summed E-state index contributed by atoms with van der Waals surface area (Å²) in [6, 6.07) is 22.1. The Morgan fingerprint density at radius 2 is 1.90 bits per heavy atom. The molecule has 0 amide bonds. The number of nitrogens with zero attached hydrogens (tertiary/aromatic N) is 5. The standard InChI is InChI=1S/C30H20ClN5O6/c1-2-40-25-14-18(13-22(31)28(25)42-27-12-11-20(17-32-27)36(38)39)16-33-35-29(26-15-19-7-3-6-10-24(19)41-26)34-23-9-5-4-8-21(23)30(35)37/h3-17H,2H2,1H3. The van der Waals surface area contributed by atoms with E-state index in [2.05, 4.69) is 10.1 Å². The summed E-state index contributed by atoms with van der Waals surface area (Å²) in [6.07, 6.45) is 2.53. The first kappa shape index (κ1) is 26.7. The number of rotatable bonds is 8. The largest absolute Gasteiger partial charge is 0.490 e. The van der Waals surface area contributed by atoms with Gasteiger partial charge in [-0.1, -0.05) is 41.9 Å². The van der Waals surface area contributed by atoms with Crippen LogP contribution in [-0.4, -0.2) is 32.4 Å². The molecule has 0 bridgehead atoms. The van der Waals surface area contributed by atoms with Crippen molar-refractivity contribution in [3.63, 3.8) is 0 Å². The summed E-state index contributed by atoms with van der Waals surface area (Å²) in [4.78, 5) is 32.6. The monoisotopic (exact) mass is 581 g/mol. The average Bonchev–Trinajstić information content (AvgIpc) is 3.43. The van der Waals surface area contributed by atoms with Crippen molar-refractivity contribution in [2.45, 2.75) is 6.92 Å². The van der Waals surface area contributed by atoms with Crippen molar-refractivity contribution in [2.24, 2.45) is 5.10 Å². The van der Waals surface area contributed by atoms with Crippen LogP contribution in [0.15, 0.2) is 99.4 Å². The molecule has 0 aliphatic rings. The van der Waals surface area contributed by atoms with Gasteiger partial charge in [0.05, 0.1) is 33.7 Å². The Kier molecular flexibility index (Phi) is 7.07. The minimum Gasteiger partial charge on any atom is -0.490 e. The molecule has 0 spiro atoms. The van der Waals surface area contributed by atoms with Crippen LogP contribution < -0.4 is 15.0 Å². The van der Waals surface area contributed by atoms with Crippen molar-refractivity contribution in [3.05, 3.63) is 116 Å². The molecular formula is C30H20ClN5O6. The van der Waals surface area contributed by atoms with Crippen molar-refractivity contribution in [3.8, 4) is 29.0 Å². The molecule has 0 fully saturated rings. The van der Waals surface area contributed by atoms with Gasteiger partial charge in [0.15, 0.2) is 17.3 Å². The molecule has 0 saturated heterocycles. The summed E-state index contributed by atoms with van der Waals surface area (Å²) in [5, 5.41) is 16.8. The molecule has 0 N–H and O–H groups in total. The summed E-state index contributed by atoms with van der Waals surface area (Å²) >= 11 is 6.57. The number of nitro groups is 1. The van der Waals surface area contributed by atoms with Crippen LogP contribution in [0.3, 0.4) is 0 Å². The quantitative estimate of drug-likeness (QED) is 0.108. The number of ether oxygens (including phenoxy) is 2. The highest BCUT2D eigenvalue weighted by molar-refractivity contribution is 6.32. The van der Waals surface area contributed by atoms with E-state index in [4.69, 9.17) is 30.5 Å². The van der Waals surface area contributed by atoms with Crippen LogP contribution in [0.2, 0.25) is 5.02 Å². The Balaban J connectivity index is 1.41. The van der Waals surface area contributed by atoms with Crippen molar-refractivity contribution in [1.29, 1.82) is 0 Å². The fraction of sp³-hybridized carbons (Fsp3) is 0.0667. The predicted octanol–water partition coefficient (Wildman–Crippen LogP) is 6.84. The van der Waals surface area contributed by atoms with Crippen LogP contribution in [0.1, 0.15) is 12.5 Å². The van der Waals surface area contributed by atoms with Crippen molar-refractivity contribution >= 4 is 45.4 Å². The Morgan fingerprint density at radius 3 is 2.67 bits per heavy atom. The molecule has 12 heteroatoms. The van der Waals surface area contributed by atoms with Crippen LogP contribution in [-0.2, 0) is 0 Å². The van der Waals surface area contributed by atoms with E-state index in [1.165, 1.54) is 23.0 Å². The Labute approximate surface area is 242 Å². The third kappa shape index (κ3) is 5.16. The molecule has 6 aromatic rings. The highest BCUT2D eigenvalue weighted by atomic mass is 35.5. The first-order valence-corrected chi connectivity index (χ1v) is 13.1. The number of hydrogen-bond acceptors (Lipinski definition) is 9. The zero-order chi connectivity index (χ0) is 29.2. The van der Waals surface area contributed by atoms with Crippen LogP contribution in [0, 0.1) is 10.1 Å². The summed E-state index contributed by atoms with van der Waals surface area (Å²) in [5.74, 6) is 1.15. The van der Waals surface area contributed by atoms with Crippen LogP contribution in [0.4, 0.5) is 5.69 Å². The lowest BCUT2D eigenvalue weighted by molar-refractivity contribution is -0.385. The van der Waals surface area contributed by atoms with Gasteiger partial charge in [-0.2, -0.15) is 9.78 Å². The molecule has 11 nitrogen and oxygen atoms in total. The first-order chi connectivity index (χ1) is 20.4. The Morgan fingerprint density at radius 1 is 1.10 bits per heavy atom. The maximum atomic E-state index is 13.6. The SMILES string of the molecule is CCOc1cc(C=Nn2c(-c3cc4ccccc4o3)nc3ccccc3c2=O)cc(Cl)c1Oc1ccc([N+](=O)[O-])cn1. The lowest BCUT2D eigenvalue weighted by Gasteiger charge is -2.13. The van der Waals surface area contributed by atoms with E-state index in [0.29, 0.717) is 34.4 Å². The van der Waals surface area contributed by atoms with Gasteiger partial charge < -0.3 is 13.9 Å². The molecule has 3 aromatic carbocycles. The third-order valence-corrected chi connectivity index (χ3v) is 6.47. The minimum atomic E-state index is -0.556. The molecule has 3 aromatic heterocycles. The second kappa shape index (κ2) is 11.1. The molecule has 0 saturated carbocycles. The van der Waals surface area contributed by atoms with Gasteiger partial charge in [0.25, 0.3) is 11.2 Å². The van der Waals surface area contributed by atoms with Gasteiger partial charge in [0.2, 0.25) is 11.7 Å². The molecule has 0 unspecified atom stereocenters. The Hall–Kier alpha value is -5.55. The number of benzene rings is 3.